The monoisotopic (exact) mass is 384 g/mol. The SMILES string of the molecule is CCCCCCC[C@@H]1CC(=O)C(C2OC(CO)C(O)C(O)C2O)=C[C@H]1CC. The summed E-state index contributed by atoms with van der Waals surface area (Å²) < 4.78 is 5.59. The quantitative estimate of drug-likeness (QED) is 0.451. The number of aliphatic hydroxyl groups excluding tert-OH is 4. The van der Waals surface area contributed by atoms with Crippen LogP contribution in [0.25, 0.3) is 0 Å². The molecule has 0 amide bonds. The minimum atomic E-state index is -1.45. The summed E-state index contributed by atoms with van der Waals surface area (Å²) in [6.07, 6.45) is 4.02. The van der Waals surface area contributed by atoms with Gasteiger partial charge in [0.2, 0.25) is 0 Å². The van der Waals surface area contributed by atoms with Crippen LogP contribution < -0.4 is 0 Å². The maximum Gasteiger partial charge on any atom is 0.161 e. The molecule has 27 heavy (non-hydrogen) atoms. The second-order valence-corrected chi connectivity index (χ2v) is 8.03. The summed E-state index contributed by atoms with van der Waals surface area (Å²) in [5.74, 6) is 0.469. The fourth-order valence-electron chi connectivity index (χ4n) is 4.36. The molecule has 2 aliphatic rings. The van der Waals surface area contributed by atoms with Gasteiger partial charge in [-0.3, -0.25) is 4.79 Å². The van der Waals surface area contributed by atoms with Gasteiger partial charge in [-0.1, -0.05) is 52.0 Å². The Bertz CT molecular complexity index is 503. The number of allylic oxidation sites excluding steroid dienone is 1. The third-order valence-electron chi connectivity index (χ3n) is 6.12. The van der Waals surface area contributed by atoms with Gasteiger partial charge < -0.3 is 25.2 Å². The van der Waals surface area contributed by atoms with Crippen molar-refractivity contribution in [1.82, 2.24) is 0 Å². The number of ketones is 1. The molecule has 1 heterocycles. The summed E-state index contributed by atoms with van der Waals surface area (Å²) in [4.78, 5) is 12.8. The molecule has 0 saturated carbocycles. The maximum atomic E-state index is 12.8. The lowest BCUT2D eigenvalue weighted by Gasteiger charge is -2.42. The first-order chi connectivity index (χ1) is 12.9. The van der Waals surface area contributed by atoms with Gasteiger partial charge in [0, 0.05) is 12.0 Å². The van der Waals surface area contributed by atoms with Crippen molar-refractivity contribution in [3.8, 4) is 0 Å². The van der Waals surface area contributed by atoms with Gasteiger partial charge in [0.15, 0.2) is 5.78 Å². The van der Waals surface area contributed by atoms with E-state index in [4.69, 9.17) is 4.74 Å². The van der Waals surface area contributed by atoms with Crippen LogP contribution in [0.2, 0.25) is 0 Å². The Labute approximate surface area is 162 Å². The standard InChI is InChI=1S/C21H36O6/c1-3-5-6-7-8-9-14-11-16(23)15(10-13(14)4-2)21-20(26)19(25)18(24)17(12-22)27-21/h10,13-14,17-22,24-26H,3-9,11-12H2,1-2H3/t13-,14-,17?,18?,19?,20?,21?/m1/s1. The van der Waals surface area contributed by atoms with Crippen molar-refractivity contribution in [2.75, 3.05) is 6.61 Å². The van der Waals surface area contributed by atoms with E-state index in [1.165, 1.54) is 25.7 Å². The highest BCUT2D eigenvalue weighted by molar-refractivity contribution is 5.97. The van der Waals surface area contributed by atoms with Crippen LogP contribution in [-0.4, -0.2) is 63.3 Å². The smallest absolute Gasteiger partial charge is 0.161 e. The van der Waals surface area contributed by atoms with Crippen molar-refractivity contribution < 1.29 is 30.0 Å². The Morgan fingerprint density at radius 3 is 2.37 bits per heavy atom. The number of carbonyl (C=O) groups is 1. The number of unbranched alkanes of at least 4 members (excludes halogenated alkanes) is 4. The molecule has 0 aromatic heterocycles. The lowest BCUT2D eigenvalue weighted by atomic mass is 9.74. The van der Waals surface area contributed by atoms with Crippen LogP contribution in [0.5, 0.6) is 0 Å². The number of rotatable bonds is 9. The van der Waals surface area contributed by atoms with E-state index in [0.717, 1.165) is 19.3 Å². The number of carbonyl (C=O) groups excluding carboxylic acids is 1. The average molecular weight is 385 g/mol. The molecule has 7 atom stereocenters. The molecule has 1 fully saturated rings. The molecule has 0 aromatic rings. The Morgan fingerprint density at radius 2 is 1.74 bits per heavy atom. The molecule has 4 N–H and O–H groups in total. The molecule has 0 radical (unpaired) electrons. The normalized spacial score (nSPS) is 37.3. The lowest BCUT2D eigenvalue weighted by Crippen LogP contribution is -2.59. The molecule has 2 rings (SSSR count). The largest absolute Gasteiger partial charge is 0.394 e. The number of aliphatic hydroxyl groups is 4. The first kappa shape index (κ1) is 22.5. The summed E-state index contributed by atoms with van der Waals surface area (Å²) >= 11 is 0. The van der Waals surface area contributed by atoms with Gasteiger partial charge in [-0.2, -0.15) is 0 Å². The van der Waals surface area contributed by atoms with Crippen LogP contribution in [0.3, 0.4) is 0 Å². The highest BCUT2D eigenvalue weighted by Gasteiger charge is 2.47. The predicted octanol–water partition coefficient (Wildman–Crippen LogP) is 1.73. The van der Waals surface area contributed by atoms with Gasteiger partial charge in [0.05, 0.1) is 6.61 Å². The average Bonchev–Trinajstić information content (AvgIpc) is 2.67. The third-order valence-corrected chi connectivity index (χ3v) is 6.12. The minimum Gasteiger partial charge on any atom is -0.394 e. The molecule has 5 unspecified atom stereocenters. The van der Waals surface area contributed by atoms with Gasteiger partial charge in [0.25, 0.3) is 0 Å². The highest BCUT2D eigenvalue weighted by atomic mass is 16.5. The summed E-state index contributed by atoms with van der Waals surface area (Å²) in [5, 5.41) is 39.7. The second-order valence-electron chi connectivity index (χ2n) is 8.03. The highest BCUT2D eigenvalue weighted by Crippen LogP contribution is 2.37. The van der Waals surface area contributed by atoms with Gasteiger partial charge in [-0.25, -0.2) is 0 Å². The van der Waals surface area contributed by atoms with Crippen molar-refractivity contribution in [3.05, 3.63) is 11.6 Å². The fourth-order valence-corrected chi connectivity index (χ4v) is 4.36. The van der Waals surface area contributed by atoms with Crippen molar-refractivity contribution in [3.63, 3.8) is 0 Å². The third kappa shape index (κ3) is 5.39. The molecule has 1 aliphatic carbocycles. The van der Waals surface area contributed by atoms with E-state index in [1.807, 2.05) is 6.08 Å². The van der Waals surface area contributed by atoms with E-state index in [2.05, 4.69) is 13.8 Å². The summed E-state index contributed by atoms with van der Waals surface area (Å²) in [6, 6.07) is 0. The predicted molar refractivity (Wildman–Crippen MR) is 102 cm³/mol. The van der Waals surface area contributed by atoms with Crippen LogP contribution in [0, 0.1) is 11.8 Å². The van der Waals surface area contributed by atoms with E-state index >= 15 is 0 Å². The van der Waals surface area contributed by atoms with Crippen LogP contribution in [-0.2, 0) is 9.53 Å². The van der Waals surface area contributed by atoms with Gasteiger partial charge in [-0.05, 0) is 24.7 Å². The summed E-state index contributed by atoms with van der Waals surface area (Å²) in [5.41, 5.74) is 0.376. The van der Waals surface area contributed by atoms with Crippen molar-refractivity contribution in [2.45, 2.75) is 95.7 Å². The van der Waals surface area contributed by atoms with E-state index in [1.54, 1.807) is 0 Å². The van der Waals surface area contributed by atoms with Crippen LogP contribution in [0.4, 0.5) is 0 Å². The zero-order valence-corrected chi connectivity index (χ0v) is 16.6. The molecule has 6 heteroatoms. The number of Topliss-reactive ketones (excluding diaryl/α,β-unsaturated/α-hetero) is 1. The van der Waals surface area contributed by atoms with Crippen molar-refractivity contribution in [2.24, 2.45) is 11.8 Å². The van der Waals surface area contributed by atoms with E-state index in [0.29, 0.717) is 17.9 Å². The van der Waals surface area contributed by atoms with Crippen LogP contribution in [0.1, 0.15) is 65.2 Å². The molecule has 156 valence electrons. The minimum absolute atomic E-state index is 0.0670. The van der Waals surface area contributed by atoms with E-state index in [-0.39, 0.29) is 11.7 Å². The zero-order chi connectivity index (χ0) is 20.0. The second kappa shape index (κ2) is 10.7. The molecular weight excluding hydrogens is 348 g/mol. The van der Waals surface area contributed by atoms with E-state index in [9.17, 15) is 25.2 Å². The van der Waals surface area contributed by atoms with Crippen molar-refractivity contribution >= 4 is 5.78 Å². The Balaban J connectivity index is 2.07. The molecular formula is C21H36O6. The molecule has 1 aliphatic heterocycles. The number of hydrogen-bond donors (Lipinski definition) is 4. The molecule has 6 nitrogen and oxygen atoms in total. The summed E-state index contributed by atoms with van der Waals surface area (Å²) in [7, 11) is 0. The van der Waals surface area contributed by atoms with Gasteiger partial charge >= 0.3 is 0 Å². The van der Waals surface area contributed by atoms with Crippen molar-refractivity contribution in [1.29, 1.82) is 0 Å². The first-order valence-corrected chi connectivity index (χ1v) is 10.5. The number of hydrogen-bond acceptors (Lipinski definition) is 6. The summed E-state index contributed by atoms with van der Waals surface area (Å²) in [6.45, 7) is 3.80. The Morgan fingerprint density at radius 1 is 1.04 bits per heavy atom. The molecule has 0 spiro atoms. The van der Waals surface area contributed by atoms with Gasteiger partial charge in [-0.15, -0.1) is 0 Å². The molecule has 0 aromatic carbocycles. The van der Waals surface area contributed by atoms with Crippen LogP contribution in [0.15, 0.2) is 11.6 Å². The van der Waals surface area contributed by atoms with E-state index < -0.39 is 37.1 Å². The molecule has 0 bridgehead atoms. The Kier molecular flexibility index (Phi) is 8.89. The van der Waals surface area contributed by atoms with Crippen LogP contribution >= 0.6 is 0 Å². The lowest BCUT2D eigenvalue weighted by molar-refractivity contribution is -0.220. The Hall–Kier alpha value is -0.790. The zero-order valence-electron chi connectivity index (χ0n) is 16.6. The molecule has 1 saturated heterocycles. The fraction of sp³-hybridized carbons (Fsp3) is 0.857. The van der Waals surface area contributed by atoms with Gasteiger partial charge in [0.1, 0.15) is 30.5 Å². The number of ether oxygens (including phenoxy) is 1. The maximum absolute atomic E-state index is 12.8. The topological polar surface area (TPSA) is 107 Å². The first-order valence-electron chi connectivity index (χ1n) is 10.5.